The predicted molar refractivity (Wildman–Crippen MR) is 132 cm³/mol. The number of alkyl halides is 1. The molecular formula is C28H37ClO7. The van der Waals surface area contributed by atoms with Crippen LogP contribution in [0.25, 0.3) is 0 Å². The lowest BCUT2D eigenvalue weighted by Crippen LogP contribution is -2.82. The molecule has 0 aromatic heterocycles. The molecular weight excluding hydrogens is 484 g/mol. The molecule has 5 rings (SSSR count). The van der Waals surface area contributed by atoms with Crippen LogP contribution in [-0.2, 0) is 23.9 Å². The molecule has 5 aliphatic rings. The maximum Gasteiger partial charge on any atom is 0.306 e. The Bertz CT molecular complexity index is 1070. The van der Waals surface area contributed by atoms with Gasteiger partial charge in [0.25, 0.3) is 0 Å². The smallest absolute Gasteiger partial charge is 0.306 e. The number of hydrogen-bond acceptors (Lipinski definition) is 7. The Morgan fingerprint density at radius 3 is 2.56 bits per heavy atom. The van der Waals surface area contributed by atoms with Gasteiger partial charge in [0.2, 0.25) is 0 Å². The van der Waals surface area contributed by atoms with Gasteiger partial charge in [0.05, 0.1) is 11.0 Å². The summed E-state index contributed by atoms with van der Waals surface area (Å²) in [7, 11) is 0. The number of allylic oxidation sites excluding steroid dienone is 4. The number of rotatable bonds is 5. The normalized spacial score (nSPS) is 48.5. The summed E-state index contributed by atoms with van der Waals surface area (Å²) in [5.74, 6) is -1.26. The molecule has 5 aliphatic carbocycles. The molecule has 0 radical (unpaired) electrons. The van der Waals surface area contributed by atoms with Crippen LogP contribution in [0.5, 0.6) is 0 Å². The van der Waals surface area contributed by atoms with Crippen LogP contribution in [0.3, 0.4) is 0 Å². The van der Waals surface area contributed by atoms with Crippen molar-refractivity contribution in [3.63, 3.8) is 0 Å². The van der Waals surface area contributed by atoms with E-state index >= 15 is 0 Å². The number of ketones is 1. The van der Waals surface area contributed by atoms with Gasteiger partial charge in [-0.3, -0.25) is 14.4 Å². The molecule has 0 aromatic carbocycles. The Morgan fingerprint density at radius 2 is 1.89 bits per heavy atom. The monoisotopic (exact) mass is 520 g/mol. The zero-order valence-electron chi connectivity index (χ0n) is 21.5. The summed E-state index contributed by atoms with van der Waals surface area (Å²) < 4.78 is 11.6. The minimum absolute atomic E-state index is 0.00962. The Kier molecular flexibility index (Phi) is 5.87. The standard InChI is InChI=1S/C28H37ClO7/c1-5-22(32)35-15-26(34)14-25-13-21(31)27(29)19(8-7-17-12-18(30)9-10-24(17,27)4)20(25)11-16(3)28(25,26)36-23(33)6-2/h9-10,12,16,19-21,31,34H,5-8,11,13-15H2,1-4H3/t16-,19+,20+,21+,24+,25-,26+,27+,28-/m1/s1. The van der Waals surface area contributed by atoms with E-state index < -0.39 is 44.9 Å². The molecule has 8 heteroatoms. The van der Waals surface area contributed by atoms with Crippen molar-refractivity contribution in [1.29, 1.82) is 0 Å². The summed E-state index contributed by atoms with van der Waals surface area (Å²) in [6.45, 7) is 7.13. The van der Waals surface area contributed by atoms with Gasteiger partial charge in [-0.1, -0.05) is 39.3 Å². The van der Waals surface area contributed by atoms with Gasteiger partial charge in [-0.15, -0.1) is 11.6 Å². The van der Waals surface area contributed by atoms with E-state index in [0.29, 0.717) is 19.3 Å². The van der Waals surface area contributed by atoms with Crippen LogP contribution in [-0.4, -0.2) is 56.7 Å². The third-order valence-corrected chi connectivity index (χ3v) is 11.5. The van der Waals surface area contributed by atoms with Crippen LogP contribution < -0.4 is 0 Å². The summed E-state index contributed by atoms with van der Waals surface area (Å²) in [6, 6.07) is 0. The molecule has 0 aliphatic heterocycles. The number of carbonyl (C=O) groups is 3. The van der Waals surface area contributed by atoms with Crippen LogP contribution in [0.2, 0.25) is 0 Å². The van der Waals surface area contributed by atoms with Crippen molar-refractivity contribution in [2.75, 3.05) is 6.61 Å². The lowest BCUT2D eigenvalue weighted by Gasteiger charge is -2.72. The van der Waals surface area contributed by atoms with Gasteiger partial charge in [0.1, 0.15) is 12.2 Å². The number of hydrogen-bond donors (Lipinski definition) is 2. The van der Waals surface area contributed by atoms with Crippen molar-refractivity contribution in [3.05, 3.63) is 23.8 Å². The zero-order valence-corrected chi connectivity index (χ0v) is 22.3. The highest BCUT2D eigenvalue weighted by Gasteiger charge is 2.87. The minimum Gasteiger partial charge on any atom is -0.462 e. The molecule has 0 aromatic rings. The lowest BCUT2D eigenvalue weighted by molar-refractivity contribution is -0.349. The van der Waals surface area contributed by atoms with Gasteiger partial charge in [-0.25, -0.2) is 0 Å². The third-order valence-electron chi connectivity index (χ3n) is 10.5. The molecule has 0 bridgehead atoms. The highest BCUT2D eigenvalue weighted by atomic mass is 35.5. The van der Waals surface area contributed by atoms with E-state index in [2.05, 4.69) is 0 Å². The first-order chi connectivity index (χ1) is 16.8. The van der Waals surface area contributed by atoms with E-state index in [-0.39, 0.29) is 55.8 Å². The number of halogens is 1. The van der Waals surface area contributed by atoms with E-state index in [1.165, 1.54) is 0 Å². The second-order valence-electron chi connectivity index (χ2n) is 11.9. The van der Waals surface area contributed by atoms with E-state index in [4.69, 9.17) is 21.1 Å². The number of aliphatic hydroxyl groups is 2. The quantitative estimate of drug-likeness (QED) is 0.420. The summed E-state index contributed by atoms with van der Waals surface area (Å²) in [6.07, 6.45) is 7.01. The van der Waals surface area contributed by atoms with Crippen LogP contribution in [0.1, 0.15) is 72.6 Å². The average molecular weight is 521 g/mol. The Balaban J connectivity index is 1.58. The maximum absolute atomic E-state index is 12.8. The van der Waals surface area contributed by atoms with Crippen molar-refractivity contribution in [1.82, 2.24) is 0 Å². The predicted octanol–water partition coefficient (Wildman–Crippen LogP) is 3.63. The number of esters is 2. The summed E-state index contributed by atoms with van der Waals surface area (Å²) in [5.41, 5.74) is -3.23. The fourth-order valence-electron chi connectivity index (χ4n) is 9.12. The number of ether oxygens (including phenoxy) is 2. The highest BCUT2D eigenvalue weighted by molar-refractivity contribution is 6.26. The van der Waals surface area contributed by atoms with E-state index in [1.54, 1.807) is 26.0 Å². The molecule has 1 spiro atoms. The van der Waals surface area contributed by atoms with E-state index in [1.807, 2.05) is 19.9 Å². The topological polar surface area (TPSA) is 110 Å². The third kappa shape index (κ3) is 2.91. The largest absolute Gasteiger partial charge is 0.462 e. The second kappa shape index (κ2) is 8.15. The van der Waals surface area contributed by atoms with Gasteiger partial charge in [-0.05, 0) is 62.0 Å². The van der Waals surface area contributed by atoms with Crippen molar-refractivity contribution in [3.8, 4) is 0 Å². The molecule has 0 heterocycles. The SMILES string of the molecule is CCC(=O)OC[C@@]1(O)C[C@]23C[C@H](O)[C@@]4(Cl)[C@@H](CCC5=CC(=O)C=C[C@@]54C)[C@@H]2C[C@@H](C)[C@]13OC(=O)CC. The van der Waals surface area contributed by atoms with Gasteiger partial charge in [0, 0.05) is 23.7 Å². The Labute approximate surface area is 217 Å². The molecule has 9 atom stereocenters. The molecule has 4 fully saturated rings. The first-order valence-electron chi connectivity index (χ1n) is 13.3. The van der Waals surface area contributed by atoms with E-state index in [9.17, 15) is 24.6 Å². The lowest BCUT2D eigenvalue weighted by atomic mass is 9.37. The van der Waals surface area contributed by atoms with Crippen molar-refractivity contribution >= 4 is 29.3 Å². The Morgan fingerprint density at radius 1 is 1.19 bits per heavy atom. The zero-order chi connectivity index (χ0) is 26.3. The fraction of sp³-hybridized carbons (Fsp3) is 0.750. The summed E-state index contributed by atoms with van der Waals surface area (Å²) in [5, 5.41) is 23.7. The van der Waals surface area contributed by atoms with Crippen LogP contribution in [0, 0.1) is 28.6 Å². The highest BCUT2D eigenvalue weighted by Crippen LogP contribution is 2.80. The van der Waals surface area contributed by atoms with Crippen molar-refractivity contribution in [2.24, 2.45) is 28.6 Å². The molecule has 4 saturated carbocycles. The van der Waals surface area contributed by atoms with Crippen LogP contribution >= 0.6 is 11.6 Å². The van der Waals surface area contributed by atoms with Gasteiger partial charge < -0.3 is 19.7 Å². The van der Waals surface area contributed by atoms with Gasteiger partial charge in [0.15, 0.2) is 11.4 Å². The first kappa shape index (κ1) is 25.9. The molecule has 0 saturated heterocycles. The first-order valence-corrected chi connectivity index (χ1v) is 13.6. The average Bonchev–Trinajstić information content (AvgIpc) is 3.03. The molecule has 198 valence electrons. The number of fused-ring (bicyclic) bond motifs is 4. The molecule has 0 unspecified atom stereocenters. The fourth-order valence-corrected chi connectivity index (χ4v) is 9.64. The van der Waals surface area contributed by atoms with Gasteiger partial charge in [-0.2, -0.15) is 0 Å². The van der Waals surface area contributed by atoms with Crippen molar-refractivity contribution in [2.45, 2.75) is 94.8 Å². The molecule has 2 N–H and O–H groups in total. The minimum atomic E-state index is -1.54. The van der Waals surface area contributed by atoms with E-state index in [0.717, 1.165) is 5.57 Å². The van der Waals surface area contributed by atoms with Gasteiger partial charge >= 0.3 is 11.9 Å². The van der Waals surface area contributed by atoms with Crippen LogP contribution in [0.4, 0.5) is 0 Å². The second-order valence-corrected chi connectivity index (χ2v) is 12.6. The van der Waals surface area contributed by atoms with Crippen molar-refractivity contribution < 1.29 is 34.1 Å². The summed E-state index contributed by atoms with van der Waals surface area (Å²) >= 11 is 7.52. The number of carbonyl (C=O) groups excluding carboxylic acids is 3. The van der Waals surface area contributed by atoms with Crippen LogP contribution in [0.15, 0.2) is 23.8 Å². The molecule has 7 nitrogen and oxygen atoms in total. The molecule has 36 heavy (non-hydrogen) atoms. The molecule has 0 amide bonds. The maximum atomic E-state index is 12.8. The number of aliphatic hydroxyl groups excluding tert-OH is 1. The summed E-state index contributed by atoms with van der Waals surface area (Å²) in [4.78, 5) is 35.8. The Hall–Kier alpha value is -1.70.